The lowest BCUT2D eigenvalue weighted by Crippen LogP contribution is -2.17. The lowest BCUT2D eigenvalue weighted by molar-refractivity contribution is -0.117. The van der Waals surface area contributed by atoms with E-state index in [0.29, 0.717) is 12.2 Å². The molecule has 1 aromatic carbocycles. The maximum atomic E-state index is 12.4. The average Bonchev–Trinajstić information content (AvgIpc) is 3.52. The minimum Gasteiger partial charge on any atom is -0.368 e. The first-order valence-electron chi connectivity index (χ1n) is 11.5. The maximum Gasteiger partial charge on any atom is 0.228 e. The van der Waals surface area contributed by atoms with Crippen LogP contribution in [-0.2, 0) is 9.53 Å². The molecule has 1 aliphatic heterocycles. The summed E-state index contributed by atoms with van der Waals surface area (Å²) < 4.78 is 8.35. The molecule has 2 fully saturated rings. The Hall–Kier alpha value is -1.42. The van der Waals surface area contributed by atoms with E-state index in [0.717, 1.165) is 58.9 Å². The van der Waals surface area contributed by atoms with Crippen molar-refractivity contribution < 1.29 is 9.53 Å². The van der Waals surface area contributed by atoms with Crippen molar-refractivity contribution >= 4 is 74.4 Å². The number of amides is 1. The van der Waals surface area contributed by atoms with E-state index in [9.17, 15) is 4.79 Å². The second-order valence-corrected chi connectivity index (χ2v) is 12.5. The molecule has 3 heterocycles. The number of nitrogens with one attached hydrogen (secondary N) is 2. The summed E-state index contributed by atoms with van der Waals surface area (Å²) in [6, 6.07) is 8.40. The molecule has 2 aliphatic rings. The summed E-state index contributed by atoms with van der Waals surface area (Å²) in [5.41, 5.74) is 4.58. The SMILES string of the molecule is CSc1cc(C2CCC(C)(C)O2)ccc1Nc1cc(NC(=O)C2CC2)nc2c1nc(C)n2PI. The zero-order valence-corrected chi connectivity index (χ0v) is 23.7. The van der Waals surface area contributed by atoms with E-state index in [1.54, 1.807) is 11.8 Å². The first-order valence-corrected chi connectivity index (χ1v) is 16.8. The number of hydrogen-bond acceptors (Lipinski definition) is 6. The van der Waals surface area contributed by atoms with Crippen LogP contribution in [0.4, 0.5) is 17.2 Å². The fourth-order valence-electron chi connectivity index (χ4n) is 4.36. The topological polar surface area (TPSA) is 81.1 Å². The van der Waals surface area contributed by atoms with Gasteiger partial charge in [-0.25, -0.2) is 9.97 Å². The smallest absolute Gasteiger partial charge is 0.228 e. The summed E-state index contributed by atoms with van der Waals surface area (Å²) in [4.78, 5) is 23.1. The molecule has 34 heavy (non-hydrogen) atoms. The predicted molar refractivity (Wildman–Crippen MR) is 150 cm³/mol. The lowest BCUT2D eigenvalue weighted by Gasteiger charge is -2.20. The number of hydrogen-bond donors (Lipinski definition) is 2. The van der Waals surface area contributed by atoms with Crippen LogP contribution in [0.2, 0.25) is 0 Å². The van der Waals surface area contributed by atoms with Crippen LogP contribution in [0.1, 0.15) is 57.0 Å². The molecule has 10 heteroatoms. The predicted octanol–water partition coefficient (Wildman–Crippen LogP) is 6.98. The summed E-state index contributed by atoms with van der Waals surface area (Å²) in [6.07, 6.45) is 6.70. The summed E-state index contributed by atoms with van der Waals surface area (Å²) >= 11 is 4.04. The van der Waals surface area contributed by atoms with Crippen LogP contribution >= 0.6 is 40.2 Å². The number of pyridine rings is 1. The van der Waals surface area contributed by atoms with Crippen molar-refractivity contribution in [2.24, 2.45) is 5.92 Å². The monoisotopic (exact) mass is 609 g/mol. The second kappa shape index (κ2) is 9.56. The molecule has 0 bridgehead atoms. The van der Waals surface area contributed by atoms with Gasteiger partial charge in [0.1, 0.15) is 17.2 Å². The van der Waals surface area contributed by atoms with Crippen molar-refractivity contribution in [3.8, 4) is 0 Å². The van der Waals surface area contributed by atoms with Crippen LogP contribution in [0, 0.1) is 12.8 Å². The van der Waals surface area contributed by atoms with E-state index in [1.807, 2.05) is 13.0 Å². The summed E-state index contributed by atoms with van der Waals surface area (Å²) in [5.74, 6) is 1.63. The Morgan fingerprint density at radius 1 is 1.24 bits per heavy atom. The third kappa shape index (κ3) is 4.94. The largest absolute Gasteiger partial charge is 0.368 e. The van der Waals surface area contributed by atoms with E-state index in [-0.39, 0.29) is 23.5 Å². The van der Waals surface area contributed by atoms with Gasteiger partial charge in [0, 0.05) is 16.9 Å². The van der Waals surface area contributed by atoms with Gasteiger partial charge in [0.2, 0.25) is 5.91 Å². The standard InChI is InChI=1S/C24H29IN5O2PS/c1-13-26-21-17(12-20(28-22(21)30(13)33-25)29-23(31)14-5-6-14)27-16-8-7-15(11-19(16)34-4)18-9-10-24(2,3)32-18/h7-8,11-12,14,18,33H,5-6,9-10H2,1-4H3,(H2,27,28,29,31). The number of rotatable bonds is 7. The number of aryl methyl sites for hydroxylation is 1. The number of anilines is 3. The van der Waals surface area contributed by atoms with Crippen LogP contribution < -0.4 is 10.6 Å². The molecule has 2 aromatic heterocycles. The third-order valence-corrected chi connectivity index (χ3v) is 9.33. The van der Waals surface area contributed by atoms with Gasteiger partial charge in [-0.3, -0.25) is 9.13 Å². The Bertz CT molecular complexity index is 1260. The Morgan fingerprint density at radius 3 is 2.68 bits per heavy atom. The molecule has 2 atom stereocenters. The minimum absolute atomic E-state index is 0.0474. The molecule has 2 unspecified atom stereocenters. The van der Waals surface area contributed by atoms with Crippen molar-refractivity contribution in [1.82, 2.24) is 14.3 Å². The molecule has 1 saturated heterocycles. The molecule has 0 radical (unpaired) electrons. The van der Waals surface area contributed by atoms with Gasteiger partial charge in [-0.15, -0.1) is 11.8 Å². The normalized spacial score (nSPS) is 19.9. The van der Waals surface area contributed by atoms with Crippen LogP contribution in [0.15, 0.2) is 29.2 Å². The highest BCUT2D eigenvalue weighted by molar-refractivity contribution is 14.2. The Morgan fingerprint density at radius 2 is 2.03 bits per heavy atom. The van der Waals surface area contributed by atoms with Crippen molar-refractivity contribution in [2.75, 3.05) is 16.9 Å². The average molecular weight is 609 g/mol. The highest BCUT2D eigenvalue weighted by atomic mass is 127. The van der Waals surface area contributed by atoms with E-state index >= 15 is 0 Å². The molecule has 0 spiro atoms. The van der Waals surface area contributed by atoms with Crippen LogP contribution in [0.25, 0.3) is 11.2 Å². The highest BCUT2D eigenvalue weighted by Gasteiger charge is 2.33. The quantitative estimate of drug-likeness (QED) is 0.171. The number of carbonyl (C=O) groups is 1. The van der Waals surface area contributed by atoms with Gasteiger partial charge >= 0.3 is 0 Å². The molecule has 180 valence electrons. The first kappa shape index (κ1) is 24.3. The van der Waals surface area contributed by atoms with Crippen LogP contribution in [-0.4, -0.2) is 32.1 Å². The van der Waals surface area contributed by atoms with Gasteiger partial charge in [-0.1, -0.05) is 6.07 Å². The molecular formula is C24H29IN5O2PS. The van der Waals surface area contributed by atoms with Crippen molar-refractivity contribution in [3.05, 3.63) is 35.7 Å². The third-order valence-electron chi connectivity index (χ3n) is 6.40. The van der Waals surface area contributed by atoms with Crippen molar-refractivity contribution in [3.63, 3.8) is 0 Å². The van der Waals surface area contributed by atoms with E-state index < -0.39 is 0 Å². The highest BCUT2D eigenvalue weighted by Crippen LogP contribution is 2.42. The zero-order chi connectivity index (χ0) is 24.0. The zero-order valence-electron chi connectivity index (χ0n) is 19.7. The number of nitrogens with zero attached hydrogens (tertiary/aromatic N) is 3. The molecule has 1 aliphatic carbocycles. The van der Waals surface area contributed by atoms with Gasteiger partial charge in [-0.05, 0) is 92.4 Å². The van der Waals surface area contributed by atoms with E-state index in [2.05, 4.69) is 75.3 Å². The number of benzene rings is 1. The number of carbonyl (C=O) groups excluding carboxylic acids is 1. The lowest BCUT2D eigenvalue weighted by atomic mass is 10.0. The number of aromatic nitrogens is 3. The Balaban J connectivity index is 1.50. The van der Waals surface area contributed by atoms with Gasteiger partial charge in [-0.2, -0.15) is 0 Å². The van der Waals surface area contributed by atoms with Gasteiger partial charge < -0.3 is 15.4 Å². The number of thioether (sulfide) groups is 1. The minimum atomic E-state index is -0.0684. The second-order valence-electron chi connectivity index (χ2n) is 9.56. The van der Waals surface area contributed by atoms with E-state index in [4.69, 9.17) is 14.7 Å². The molecule has 7 nitrogen and oxygen atoms in total. The van der Waals surface area contributed by atoms with Crippen molar-refractivity contribution in [2.45, 2.75) is 63.1 Å². The number of imidazole rings is 1. The molecule has 2 N–H and O–H groups in total. The van der Waals surface area contributed by atoms with Crippen LogP contribution in [0.5, 0.6) is 0 Å². The Kier molecular flexibility index (Phi) is 6.83. The van der Waals surface area contributed by atoms with Crippen molar-refractivity contribution in [1.29, 1.82) is 0 Å². The molecule has 3 aromatic rings. The van der Waals surface area contributed by atoms with E-state index in [1.165, 1.54) is 5.56 Å². The fourth-order valence-corrected chi connectivity index (χ4v) is 7.10. The number of halogens is 1. The fraction of sp³-hybridized carbons (Fsp3) is 0.458. The van der Waals surface area contributed by atoms with Gasteiger partial charge in [0.05, 0.1) is 29.5 Å². The first-order chi connectivity index (χ1) is 16.3. The van der Waals surface area contributed by atoms with Crippen LogP contribution in [0.3, 0.4) is 0 Å². The number of fused-ring (bicyclic) bond motifs is 1. The Labute approximate surface area is 218 Å². The maximum absolute atomic E-state index is 12.4. The summed E-state index contributed by atoms with van der Waals surface area (Å²) in [5, 5.41) is 6.61. The summed E-state index contributed by atoms with van der Waals surface area (Å²) in [6.45, 7) is 6.30. The molecule has 1 amide bonds. The molecule has 5 rings (SSSR count). The van der Waals surface area contributed by atoms with Gasteiger partial charge in [0.15, 0.2) is 5.65 Å². The van der Waals surface area contributed by atoms with Gasteiger partial charge in [0.25, 0.3) is 0 Å². The number of ether oxygens (including phenoxy) is 1. The summed E-state index contributed by atoms with van der Waals surface area (Å²) in [7, 11) is 0. The molecular weight excluding hydrogens is 580 g/mol. The molecule has 1 saturated carbocycles.